The van der Waals surface area contributed by atoms with Crippen molar-refractivity contribution in [1.29, 1.82) is 0 Å². The number of hydrogen-bond acceptors (Lipinski definition) is 6. The molecule has 1 atom stereocenters. The van der Waals surface area contributed by atoms with Crippen molar-refractivity contribution in [3.05, 3.63) is 87.3 Å². The minimum atomic E-state index is -1.45. The first-order chi connectivity index (χ1) is 18.8. The number of aromatic amines is 1. The quantitative estimate of drug-likeness (QED) is 0.334. The third-order valence-corrected chi connectivity index (χ3v) is 7.70. The number of H-pyrrole nitrogens is 1. The summed E-state index contributed by atoms with van der Waals surface area (Å²) in [5.74, 6) is -0.479. The van der Waals surface area contributed by atoms with Crippen molar-refractivity contribution in [3.63, 3.8) is 0 Å². The second kappa shape index (κ2) is 8.32. The summed E-state index contributed by atoms with van der Waals surface area (Å²) in [4.78, 5) is 45.1. The summed E-state index contributed by atoms with van der Waals surface area (Å²) in [6.07, 6.45) is 2.65. The van der Waals surface area contributed by atoms with Gasteiger partial charge in [0.15, 0.2) is 11.5 Å². The number of carbonyl (C=O) groups is 2. The van der Waals surface area contributed by atoms with Crippen molar-refractivity contribution in [3.8, 4) is 5.82 Å². The number of amides is 2. The predicted octanol–water partition coefficient (Wildman–Crippen LogP) is 4.47. The van der Waals surface area contributed by atoms with E-state index in [4.69, 9.17) is 28.3 Å². The highest BCUT2D eigenvalue weighted by molar-refractivity contribution is 6.38. The third kappa shape index (κ3) is 3.33. The molecule has 2 aliphatic heterocycles. The number of benzene rings is 2. The Hall–Kier alpha value is -4.35. The lowest BCUT2D eigenvalue weighted by Gasteiger charge is -2.33. The Kier molecular flexibility index (Phi) is 5.07. The fraction of sp³-hybridized carbons (Fsp3) is 0.154. The molecule has 13 heteroatoms. The summed E-state index contributed by atoms with van der Waals surface area (Å²) in [6, 6.07) is 9.08. The predicted molar refractivity (Wildman–Crippen MR) is 142 cm³/mol. The molecule has 39 heavy (non-hydrogen) atoms. The molecule has 0 radical (unpaired) electrons. The minimum absolute atomic E-state index is 0.111. The first kappa shape index (κ1) is 23.7. The van der Waals surface area contributed by atoms with E-state index in [2.05, 4.69) is 25.3 Å². The van der Waals surface area contributed by atoms with E-state index in [0.29, 0.717) is 55.9 Å². The largest absolute Gasteiger partial charge is 0.340 e. The monoisotopic (exact) mass is 562 g/mol. The maximum atomic E-state index is 14.5. The lowest BCUT2D eigenvalue weighted by Crippen LogP contribution is -2.46. The Balaban J connectivity index is 1.48. The van der Waals surface area contributed by atoms with E-state index in [1.165, 1.54) is 34.4 Å². The highest BCUT2D eigenvalue weighted by atomic mass is 35.5. The van der Waals surface area contributed by atoms with Crippen LogP contribution in [0, 0.1) is 12.7 Å². The van der Waals surface area contributed by atoms with Gasteiger partial charge < -0.3 is 15.2 Å². The van der Waals surface area contributed by atoms with Gasteiger partial charge in [-0.05, 0) is 42.3 Å². The average Bonchev–Trinajstić information content (AvgIpc) is 3.57. The second-order valence-electron chi connectivity index (χ2n) is 9.45. The summed E-state index contributed by atoms with van der Waals surface area (Å²) in [5.41, 5.74) is 2.14. The second-order valence-corrected chi connectivity index (χ2v) is 10.3. The van der Waals surface area contributed by atoms with Crippen molar-refractivity contribution >= 4 is 57.7 Å². The van der Waals surface area contributed by atoms with Crippen LogP contribution in [0.5, 0.6) is 0 Å². The number of aromatic nitrogens is 6. The molecule has 2 aliphatic rings. The molecule has 0 bridgehead atoms. The van der Waals surface area contributed by atoms with E-state index >= 15 is 0 Å². The SMILES string of the molecule is Cc1nn(-c2ncnc3nc[nH]c23)c2c1[C@]1(CC(=O)N2)C(=O)N(Cc2ccc(F)cc2)c2c(Cl)cc(Cl)cc21. The first-order valence-corrected chi connectivity index (χ1v) is 12.6. The van der Waals surface area contributed by atoms with Gasteiger partial charge in [0.05, 0.1) is 29.3 Å². The zero-order valence-corrected chi connectivity index (χ0v) is 21.7. The van der Waals surface area contributed by atoms with E-state index < -0.39 is 11.3 Å². The highest BCUT2D eigenvalue weighted by Gasteiger charge is 2.58. The molecule has 5 aromatic rings. The number of halogens is 3. The van der Waals surface area contributed by atoms with Gasteiger partial charge >= 0.3 is 0 Å². The van der Waals surface area contributed by atoms with Crippen LogP contribution < -0.4 is 10.2 Å². The van der Waals surface area contributed by atoms with E-state index in [9.17, 15) is 14.0 Å². The van der Waals surface area contributed by atoms with Crippen LogP contribution >= 0.6 is 23.2 Å². The van der Waals surface area contributed by atoms with Gasteiger partial charge in [-0.2, -0.15) is 9.78 Å². The summed E-state index contributed by atoms with van der Waals surface area (Å²) >= 11 is 13.2. The van der Waals surface area contributed by atoms with E-state index in [1.807, 2.05) is 0 Å². The zero-order valence-electron chi connectivity index (χ0n) is 20.2. The summed E-state index contributed by atoms with van der Waals surface area (Å²) in [5, 5.41) is 8.18. The molecule has 194 valence electrons. The summed E-state index contributed by atoms with van der Waals surface area (Å²) < 4.78 is 15.1. The number of hydrogen-bond donors (Lipinski definition) is 2. The Morgan fingerprint density at radius 2 is 1.90 bits per heavy atom. The molecule has 0 fully saturated rings. The lowest BCUT2D eigenvalue weighted by molar-refractivity contribution is -0.126. The van der Waals surface area contributed by atoms with Crippen molar-refractivity contribution in [2.45, 2.75) is 25.3 Å². The van der Waals surface area contributed by atoms with Crippen molar-refractivity contribution in [2.75, 3.05) is 10.2 Å². The fourth-order valence-electron chi connectivity index (χ4n) is 5.67. The zero-order chi connectivity index (χ0) is 27.1. The smallest absolute Gasteiger partial charge is 0.243 e. The van der Waals surface area contributed by atoms with Crippen LogP contribution in [-0.4, -0.2) is 41.5 Å². The molecule has 2 amide bonds. The van der Waals surface area contributed by atoms with Crippen molar-refractivity contribution in [1.82, 2.24) is 29.7 Å². The molecule has 2 aromatic carbocycles. The fourth-order valence-corrected chi connectivity index (χ4v) is 6.27. The van der Waals surface area contributed by atoms with Crippen LogP contribution in [0.15, 0.2) is 49.1 Å². The molecule has 3 aromatic heterocycles. The topological polar surface area (TPSA) is 122 Å². The molecule has 0 aliphatic carbocycles. The average molecular weight is 563 g/mol. The molecule has 0 unspecified atom stereocenters. The van der Waals surface area contributed by atoms with Crippen molar-refractivity contribution in [2.24, 2.45) is 0 Å². The Morgan fingerprint density at radius 1 is 1.10 bits per heavy atom. The maximum absolute atomic E-state index is 14.5. The van der Waals surface area contributed by atoms with Gasteiger partial charge in [0.2, 0.25) is 11.8 Å². The van der Waals surface area contributed by atoms with Crippen LogP contribution in [0.25, 0.3) is 17.0 Å². The number of nitrogens with one attached hydrogen (secondary N) is 2. The molecular formula is C26H17Cl2FN8O2. The molecule has 0 saturated carbocycles. The standard InChI is InChI=1S/C26H17Cl2FN8O2/c1-12-19-23(37(35-12)24-20-22(31-10-30-20)32-11-33-24)34-18(38)8-26(19)16-6-14(27)7-17(28)21(16)36(25(26)39)9-13-2-4-15(29)5-3-13/h2-7,10-11H,8-9H2,1H3,(H,34,38)(H,30,31,32,33)/t26-/m1/s1. The normalized spacial score (nSPS) is 18.1. The number of carbonyl (C=O) groups excluding carboxylic acids is 2. The first-order valence-electron chi connectivity index (χ1n) is 11.9. The molecular weight excluding hydrogens is 546 g/mol. The van der Waals surface area contributed by atoms with Gasteiger partial charge in [0.1, 0.15) is 28.9 Å². The van der Waals surface area contributed by atoms with Crippen LogP contribution in [0.2, 0.25) is 10.0 Å². The van der Waals surface area contributed by atoms with Gasteiger partial charge in [0, 0.05) is 17.0 Å². The van der Waals surface area contributed by atoms with Crippen LogP contribution in [0.4, 0.5) is 15.9 Å². The number of fused-ring (bicyclic) bond motifs is 5. The minimum Gasteiger partial charge on any atom is -0.340 e. The van der Waals surface area contributed by atoms with E-state index in [0.717, 1.165) is 0 Å². The maximum Gasteiger partial charge on any atom is 0.243 e. The van der Waals surface area contributed by atoms with E-state index in [1.54, 1.807) is 31.2 Å². The Bertz CT molecular complexity index is 1850. The van der Waals surface area contributed by atoms with Gasteiger partial charge in [-0.1, -0.05) is 35.3 Å². The van der Waals surface area contributed by atoms with Crippen LogP contribution in [0.1, 0.15) is 28.8 Å². The van der Waals surface area contributed by atoms with Gasteiger partial charge in [-0.15, -0.1) is 0 Å². The van der Waals surface area contributed by atoms with Crippen molar-refractivity contribution < 1.29 is 14.0 Å². The van der Waals surface area contributed by atoms with Gasteiger partial charge in [-0.3, -0.25) is 9.59 Å². The number of anilines is 2. The molecule has 5 heterocycles. The molecule has 2 N–H and O–H groups in total. The van der Waals surface area contributed by atoms with Gasteiger partial charge in [-0.25, -0.2) is 19.3 Å². The van der Waals surface area contributed by atoms with Crippen LogP contribution in [-0.2, 0) is 21.5 Å². The third-order valence-electron chi connectivity index (χ3n) is 7.20. The lowest BCUT2D eigenvalue weighted by atomic mass is 9.70. The van der Waals surface area contributed by atoms with Crippen LogP contribution in [0.3, 0.4) is 0 Å². The number of nitrogens with zero attached hydrogens (tertiary/aromatic N) is 6. The Morgan fingerprint density at radius 3 is 2.69 bits per heavy atom. The number of imidazole rings is 1. The number of aryl methyl sites for hydroxylation is 1. The molecule has 7 rings (SSSR count). The van der Waals surface area contributed by atoms with E-state index in [-0.39, 0.29) is 29.7 Å². The highest BCUT2D eigenvalue weighted by Crippen LogP contribution is 2.56. The molecule has 1 spiro atoms. The van der Waals surface area contributed by atoms with Gasteiger partial charge in [0.25, 0.3) is 0 Å². The molecule has 0 saturated heterocycles. The Labute approximate surface area is 229 Å². The number of rotatable bonds is 3. The molecule has 10 nitrogen and oxygen atoms in total. The summed E-state index contributed by atoms with van der Waals surface area (Å²) in [6.45, 7) is 1.88. The summed E-state index contributed by atoms with van der Waals surface area (Å²) in [7, 11) is 0.